The maximum absolute atomic E-state index is 12.4. The Morgan fingerprint density at radius 2 is 2.14 bits per heavy atom. The predicted octanol–water partition coefficient (Wildman–Crippen LogP) is 1.65. The van der Waals surface area contributed by atoms with Gasteiger partial charge in [0, 0.05) is 25.0 Å². The van der Waals surface area contributed by atoms with Gasteiger partial charge in [0.15, 0.2) is 9.84 Å². The van der Waals surface area contributed by atoms with Gasteiger partial charge in [-0.1, -0.05) is 0 Å². The van der Waals surface area contributed by atoms with Crippen LogP contribution in [0.15, 0.2) is 35.5 Å². The lowest BCUT2D eigenvalue weighted by molar-refractivity contribution is 0.339. The van der Waals surface area contributed by atoms with Crippen molar-refractivity contribution < 1.29 is 13.2 Å². The van der Waals surface area contributed by atoms with Crippen molar-refractivity contribution in [1.29, 1.82) is 0 Å². The summed E-state index contributed by atoms with van der Waals surface area (Å²) >= 11 is 0. The summed E-state index contributed by atoms with van der Waals surface area (Å²) in [7, 11) is -3.48. The Morgan fingerprint density at radius 1 is 1.38 bits per heavy atom. The Bertz CT molecular complexity index is 723. The van der Waals surface area contributed by atoms with Gasteiger partial charge in [0.2, 0.25) is 0 Å². The highest BCUT2D eigenvalue weighted by molar-refractivity contribution is 7.91. The Kier molecular flexibility index (Phi) is 4.52. The Hall–Kier alpha value is -2.02. The first-order chi connectivity index (χ1) is 9.94. The first kappa shape index (κ1) is 15.4. The van der Waals surface area contributed by atoms with E-state index in [0.29, 0.717) is 18.9 Å². The molecule has 1 aromatic heterocycles. The van der Waals surface area contributed by atoms with Crippen molar-refractivity contribution in [2.75, 3.05) is 18.1 Å². The van der Waals surface area contributed by atoms with Crippen molar-refractivity contribution in [3.05, 3.63) is 36.4 Å². The quantitative estimate of drug-likeness (QED) is 0.820. The Morgan fingerprint density at radius 3 is 2.76 bits per heavy atom. The molecule has 2 aromatic rings. The summed E-state index contributed by atoms with van der Waals surface area (Å²) in [6, 6.07) is 4.70. The molecule has 0 aliphatic rings. The van der Waals surface area contributed by atoms with Crippen LogP contribution in [-0.2, 0) is 16.4 Å². The normalized spacial score (nSPS) is 11.5. The van der Waals surface area contributed by atoms with Crippen LogP contribution in [0, 0.1) is 6.92 Å². The minimum atomic E-state index is -3.48. The smallest absolute Gasteiger partial charge is 0.182 e. The molecule has 0 aliphatic carbocycles. The van der Waals surface area contributed by atoms with Crippen LogP contribution in [0.2, 0.25) is 0 Å². The molecule has 0 fully saturated rings. The molecule has 21 heavy (non-hydrogen) atoms. The number of hydrogen-bond acceptors (Lipinski definition) is 5. The van der Waals surface area contributed by atoms with Crippen molar-refractivity contribution in [3.8, 4) is 5.75 Å². The summed E-state index contributed by atoms with van der Waals surface area (Å²) in [5.74, 6) is 1.24. The van der Waals surface area contributed by atoms with Gasteiger partial charge in [-0.3, -0.25) is 0 Å². The number of anilines is 1. The number of imidazole rings is 1. The molecule has 0 bridgehead atoms. The van der Waals surface area contributed by atoms with Crippen molar-refractivity contribution in [2.24, 2.45) is 0 Å². The number of aromatic nitrogens is 2. The van der Waals surface area contributed by atoms with E-state index in [1.54, 1.807) is 29.1 Å². The van der Waals surface area contributed by atoms with E-state index in [4.69, 9.17) is 10.5 Å². The molecule has 1 heterocycles. The van der Waals surface area contributed by atoms with E-state index in [1.807, 2.05) is 13.8 Å². The highest BCUT2D eigenvalue weighted by Gasteiger charge is 2.19. The van der Waals surface area contributed by atoms with Crippen LogP contribution >= 0.6 is 0 Å². The topological polar surface area (TPSA) is 87.2 Å². The molecule has 1 aromatic carbocycles. The molecule has 2 N–H and O–H groups in total. The summed E-state index contributed by atoms with van der Waals surface area (Å²) in [6.45, 7) is 4.48. The first-order valence-corrected chi connectivity index (χ1v) is 8.32. The Labute approximate surface area is 124 Å². The summed E-state index contributed by atoms with van der Waals surface area (Å²) in [5, 5.41) is 0. The number of benzene rings is 1. The molecule has 2 rings (SSSR count). The average Bonchev–Trinajstić information content (AvgIpc) is 2.84. The van der Waals surface area contributed by atoms with E-state index in [1.165, 1.54) is 6.07 Å². The molecule has 0 unspecified atom stereocenters. The standard InChI is InChI=1S/C14H19N3O3S/c1-3-20-12-4-5-13(15)14(10-12)21(18,19)9-8-17-7-6-16-11(17)2/h4-7,10H,3,8-9,15H2,1-2H3. The first-order valence-electron chi connectivity index (χ1n) is 6.67. The predicted molar refractivity (Wildman–Crippen MR) is 81.0 cm³/mol. The molecule has 0 amide bonds. The number of hydrogen-bond donors (Lipinski definition) is 1. The van der Waals surface area contributed by atoms with Gasteiger partial charge < -0.3 is 15.0 Å². The minimum Gasteiger partial charge on any atom is -0.494 e. The highest BCUT2D eigenvalue weighted by atomic mass is 32.2. The highest BCUT2D eigenvalue weighted by Crippen LogP contribution is 2.25. The van der Waals surface area contributed by atoms with E-state index >= 15 is 0 Å². The summed E-state index contributed by atoms with van der Waals surface area (Å²) in [6.07, 6.45) is 3.40. The lowest BCUT2D eigenvalue weighted by atomic mass is 10.3. The molecule has 114 valence electrons. The molecule has 6 nitrogen and oxygen atoms in total. The van der Waals surface area contributed by atoms with Crippen molar-refractivity contribution >= 4 is 15.5 Å². The maximum Gasteiger partial charge on any atom is 0.182 e. The number of nitrogens with two attached hydrogens (primary N) is 1. The van der Waals surface area contributed by atoms with Crippen molar-refractivity contribution in [2.45, 2.75) is 25.3 Å². The van der Waals surface area contributed by atoms with Gasteiger partial charge >= 0.3 is 0 Å². The molecule has 0 saturated carbocycles. The second-order valence-corrected chi connectivity index (χ2v) is 6.70. The fraction of sp³-hybridized carbons (Fsp3) is 0.357. The Balaban J connectivity index is 2.22. The van der Waals surface area contributed by atoms with E-state index in [-0.39, 0.29) is 16.3 Å². The van der Waals surface area contributed by atoms with Crippen LogP contribution in [0.25, 0.3) is 0 Å². The summed E-state index contributed by atoms with van der Waals surface area (Å²) < 4.78 is 32.0. The molecule has 0 spiro atoms. The zero-order valence-corrected chi connectivity index (χ0v) is 12.9. The van der Waals surface area contributed by atoms with Gasteiger partial charge in [-0.15, -0.1) is 0 Å². The lowest BCUT2D eigenvalue weighted by Crippen LogP contribution is -2.15. The van der Waals surface area contributed by atoms with Gasteiger partial charge in [0.1, 0.15) is 11.6 Å². The third-order valence-corrected chi connectivity index (χ3v) is 4.90. The third kappa shape index (κ3) is 3.55. The lowest BCUT2D eigenvalue weighted by Gasteiger charge is -2.11. The zero-order chi connectivity index (χ0) is 15.5. The summed E-state index contributed by atoms with van der Waals surface area (Å²) in [4.78, 5) is 4.19. The van der Waals surface area contributed by atoms with Crippen molar-refractivity contribution in [1.82, 2.24) is 9.55 Å². The minimum absolute atomic E-state index is 0.0377. The van der Waals surface area contributed by atoms with Crippen LogP contribution in [0.3, 0.4) is 0 Å². The van der Waals surface area contributed by atoms with Crippen LogP contribution in [0.1, 0.15) is 12.7 Å². The molecule has 0 radical (unpaired) electrons. The number of rotatable bonds is 6. The molecule has 0 saturated heterocycles. The van der Waals surface area contributed by atoms with Crippen molar-refractivity contribution in [3.63, 3.8) is 0 Å². The van der Waals surface area contributed by atoms with Crippen LogP contribution in [0.5, 0.6) is 5.75 Å². The molecule has 7 heteroatoms. The van der Waals surface area contributed by atoms with E-state index in [9.17, 15) is 8.42 Å². The molecular weight excluding hydrogens is 290 g/mol. The largest absolute Gasteiger partial charge is 0.494 e. The fourth-order valence-corrected chi connectivity index (χ4v) is 3.39. The van der Waals surface area contributed by atoms with Crippen LogP contribution in [0.4, 0.5) is 5.69 Å². The van der Waals surface area contributed by atoms with E-state index in [0.717, 1.165) is 5.82 Å². The van der Waals surface area contributed by atoms with Gasteiger partial charge in [0.25, 0.3) is 0 Å². The number of ether oxygens (including phenoxy) is 1. The number of nitrogens with zero attached hydrogens (tertiary/aromatic N) is 2. The van der Waals surface area contributed by atoms with Gasteiger partial charge in [0.05, 0.1) is 22.9 Å². The van der Waals surface area contributed by atoms with Gasteiger partial charge in [-0.25, -0.2) is 13.4 Å². The number of nitrogen functional groups attached to an aromatic ring is 1. The van der Waals surface area contributed by atoms with Crippen LogP contribution < -0.4 is 10.5 Å². The summed E-state index contributed by atoms with van der Waals surface area (Å²) in [5.41, 5.74) is 6.03. The van der Waals surface area contributed by atoms with Gasteiger partial charge in [-0.05, 0) is 26.0 Å². The maximum atomic E-state index is 12.4. The SMILES string of the molecule is CCOc1ccc(N)c(S(=O)(=O)CCn2ccnc2C)c1. The zero-order valence-electron chi connectivity index (χ0n) is 12.1. The molecular formula is C14H19N3O3S. The number of sulfone groups is 1. The average molecular weight is 309 g/mol. The van der Waals surface area contributed by atoms with E-state index in [2.05, 4.69) is 4.98 Å². The second-order valence-electron chi connectivity index (χ2n) is 4.62. The molecule has 0 atom stereocenters. The number of aryl methyl sites for hydroxylation is 2. The molecule has 0 aliphatic heterocycles. The monoisotopic (exact) mass is 309 g/mol. The van der Waals surface area contributed by atoms with E-state index < -0.39 is 9.84 Å². The second kappa shape index (κ2) is 6.17. The van der Waals surface area contributed by atoms with Gasteiger partial charge in [-0.2, -0.15) is 0 Å². The van der Waals surface area contributed by atoms with Crippen LogP contribution in [-0.4, -0.2) is 30.3 Å². The third-order valence-electron chi connectivity index (χ3n) is 3.16. The fourth-order valence-electron chi connectivity index (χ4n) is 2.01.